The molecule has 1 aromatic carbocycles. The van der Waals surface area contributed by atoms with Gasteiger partial charge in [-0.25, -0.2) is 0 Å². The number of aromatic nitrogens is 5. The zero-order chi connectivity index (χ0) is 15.0. The number of hydrogen-bond acceptors (Lipinski definition) is 6. The van der Waals surface area contributed by atoms with Crippen LogP contribution in [-0.4, -0.2) is 44.3 Å². The smallest absolute Gasteiger partial charge is 0.230 e. The topological polar surface area (TPSA) is 114 Å². The molecule has 0 spiro atoms. The number of H-pyrrole nitrogens is 2. The molecule has 0 aliphatic rings. The van der Waals surface area contributed by atoms with Gasteiger partial charge < -0.3 is 9.72 Å². The van der Waals surface area contributed by atoms with Crippen LogP contribution in [0.3, 0.4) is 0 Å². The standard InChI is InChI=1S/C13H11N5O3/c1-6(19)12(20)8-5-14-11-7(13-15-17-18-16-13)3-4-9(21-2)10(8)11/h3-5,14H,1-2H3,(H,15,16,17,18). The minimum atomic E-state index is -0.579. The van der Waals surface area contributed by atoms with Gasteiger partial charge in [0.25, 0.3) is 0 Å². The Bertz CT molecular complexity index is 835. The highest BCUT2D eigenvalue weighted by Gasteiger charge is 2.22. The van der Waals surface area contributed by atoms with Crippen molar-refractivity contribution in [3.05, 3.63) is 23.9 Å². The maximum atomic E-state index is 12.0. The summed E-state index contributed by atoms with van der Waals surface area (Å²) in [6.07, 6.45) is 1.49. The van der Waals surface area contributed by atoms with Gasteiger partial charge in [-0.1, -0.05) is 0 Å². The zero-order valence-electron chi connectivity index (χ0n) is 11.3. The van der Waals surface area contributed by atoms with Crippen LogP contribution in [0.1, 0.15) is 17.3 Å². The Kier molecular flexibility index (Phi) is 2.98. The second-order valence-electron chi connectivity index (χ2n) is 4.39. The highest BCUT2D eigenvalue weighted by atomic mass is 16.5. The highest BCUT2D eigenvalue weighted by Crippen LogP contribution is 2.34. The number of nitrogens with one attached hydrogen (secondary N) is 2. The second-order valence-corrected chi connectivity index (χ2v) is 4.39. The number of rotatable bonds is 4. The Hall–Kier alpha value is -3.03. The third kappa shape index (κ3) is 1.97. The Morgan fingerprint density at radius 3 is 2.71 bits per heavy atom. The summed E-state index contributed by atoms with van der Waals surface area (Å²) in [6, 6.07) is 3.45. The minimum Gasteiger partial charge on any atom is -0.496 e. The van der Waals surface area contributed by atoms with Crippen molar-refractivity contribution in [3.8, 4) is 17.1 Å². The van der Waals surface area contributed by atoms with E-state index in [1.807, 2.05) is 0 Å². The van der Waals surface area contributed by atoms with E-state index in [4.69, 9.17) is 4.74 Å². The molecule has 0 aliphatic carbocycles. The number of ketones is 2. The number of carbonyl (C=O) groups is 2. The van der Waals surface area contributed by atoms with E-state index in [9.17, 15) is 9.59 Å². The number of Topliss-reactive ketones (excluding diaryl/α,β-unsaturated/α-hetero) is 2. The van der Waals surface area contributed by atoms with E-state index in [0.29, 0.717) is 28.0 Å². The van der Waals surface area contributed by atoms with Crippen molar-refractivity contribution in [1.82, 2.24) is 25.6 Å². The van der Waals surface area contributed by atoms with Crippen LogP contribution in [0.25, 0.3) is 22.3 Å². The van der Waals surface area contributed by atoms with E-state index in [-0.39, 0.29) is 5.56 Å². The first-order valence-corrected chi connectivity index (χ1v) is 6.10. The van der Waals surface area contributed by atoms with E-state index < -0.39 is 11.6 Å². The molecule has 0 saturated heterocycles. The average Bonchev–Trinajstić information content (AvgIpc) is 3.14. The summed E-state index contributed by atoms with van der Waals surface area (Å²) in [5.41, 5.74) is 1.53. The number of benzene rings is 1. The first kappa shape index (κ1) is 13.0. The average molecular weight is 285 g/mol. The summed E-state index contributed by atoms with van der Waals surface area (Å²) < 4.78 is 5.28. The summed E-state index contributed by atoms with van der Waals surface area (Å²) >= 11 is 0. The van der Waals surface area contributed by atoms with Gasteiger partial charge in [-0.2, -0.15) is 5.21 Å². The highest BCUT2D eigenvalue weighted by molar-refractivity contribution is 6.45. The molecule has 2 N–H and O–H groups in total. The molecule has 0 saturated carbocycles. The predicted octanol–water partition coefficient (Wildman–Crippen LogP) is 1.13. The lowest BCUT2D eigenvalue weighted by Crippen LogP contribution is -2.09. The van der Waals surface area contributed by atoms with Gasteiger partial charge in [-0.05, 0) is 17.3 Å². The van der Waals surface area contributed by atoms with Gasteiger partial charge >= 0.3 is 0 Å². The normalized spacial score (nSPS) is 10.8. The van der Waals surface area contributed by atoms with E-state index in [1.165, 1.54) is 20.2 Å². The van der Waals surface area contributed by atoms with E-state index in [0.717, 1.165) is 0 Å². The van der Waals surface area contributed by atoms with Crippen LogP contribution in [0.15, 0.2) is 18.3 Å². The van der Waals surface area contributed by atoms with Crippen LogP contribution in [0.2, 0.25) is 0 Å². The van der Waals surface area contributed by atoms with Gasteiger partial charge in [0.15, 0.2) is 5.78 Å². The Morgan fingerprint density at radius 2 is 2.10 bits per heavy atom. The van der Waals surface area contributed by atoms with Crippen LogP contribution in [0.4, 0.5) is 0 Å². The monoisotopic (exact) mass is 285 g/mol. The number of fused-ring (bicyclic) bond motifs is 1. The van der Waals surface area contributed by atoms with Crippen LogP contribution in [0.5, 0.6) is 5.75 Å². The number of carbonyl (C=O) groups excluding carboxylic acids is 2. The second kappa shape index (κ2) is 4.82. The third-order valence-electron chi connectivity index (χ3n) is 3.17. The van der Waals surface area contributed by atoms with E-state index in [2.05, 4.69) is 25.6 Å². The summed E-state index contributed by atoms with van der Waals surface area (Å²) in [7, 11) is 1.50. The molecule has 0 amide bonds. The zero-order valence-corrected chi connectivity index (χ0v) is 11.3. The predicted molar refractivity (Wildman–Crippen MR) is 73.0 cm³/mol. The molecule has 0 radical (unpaired) electrons. The summed E-state index contributed by atoms with van der Waals surface area (Å²) in [5, 5.41) is 14.3. The minimum absolute atomic E-state index is 0.264. The Labute approximate surface area is 118 Å². The van der Waals surface area contributed by atoms with Crippen molar-refractivity contribution in [2.24, 2.45) is 0 Å². The van der Waals surface area contributed by atoms with Crippen molar-refractivity contribution >= 4 is 22.5 Å². The molecule has 106 valence electrons. The number of tetrazole rings is 1. The number of hydrogen-bond donors (Lipinski definition) is 2. The maximum Gasteiger partial charge on any atom is 0.230 e. The fraction of sp³-hybridized carbons (Fsp3) is 0.154. The van der Waals surface area contributed by atoms with Crippen LogP contribution >= 0.6 is 0 Å². The van der Waals surface area contributed by atoms with Gasteiger partial charge in [0.2, 0.25) is 11.6 Å². The number of methoxy groups -OCH3 is 1. The quantitative estimate of drug-likeness (QED) is 0.548. The van der Waals surface area contributed by atoms with E-state index >= 15 is 0 Å². The SMILES string of the molecule is COc1ccc(-c2nn[nH]n2)c2[nH]cc(C(=O)C(C)=O)c12. The maximum absolute atomic E-state index is 12.0. The lowest BCUT2D eigenvalue weighted by atomic mass is 10.0. The van der Waals surface area contributed by atoms with Crippen LogP contribution in [0, 0.1) is 0 Å². The molecule has 0 bridgehead atoms. The number of ether oxygens (including phenoxy) is 1. The molecule has 8 heteroatoms. The summed E-state index contributed by atoms with van der Waals surface area (Å²) in [6.45, 7) is 1.23. The first-order chi connectivity index (χ1) is 10.1. The molecule has 8 nitrogen and oxygen atoms in total. The molecule has 21 heavy (non-hydrogen) atoms. The lowest BCUT2D eigenvalue weighted by molar-refractivity contribution is -0.113. The molecule has 0 aliphatic heterocycles. The Morgan fingerprint density at radius 1 is 1.29 bits per heavy atom. The van der Waals surface area contributed by atoms with E-state index in [1.54, 1.807) is 12.1 Å². The third-order valence-corrected chi connectivity index (χ3v) is 3.17. The largest absolute Gasteiger partial charge is 0.496 e. The molecule has 0 fully saturated rings. The molecule has 3 rings (SSSR count). The molecule has 2 heterocycles. The van der Waals surface area contributed by atoms with Gasteiger partial charge in [0.05, 0.1) is 23.6 Å². The van der Waals surface area contributed by atoms with Crippen molar-refractivity contribution in [2.75, 3.05) is 7.11 Å². The number of nitrogens with zero attached hydrogens (tertiary/aromatic N) is 3. The van der Waals surface area contributed by atoms with Gasteiger partial charge in [-0.15, -0.1) is 10.2 Å². The van der Waals surface area contributed by atoms with Gasteiger partial charge in [0, 0.05) is 18.7 Å². The molecule has 0 atom stereocenters. The fourth-order valence-corrected chi connectivity index (χ4v) is 2.22. The lowest BCUT2D eigenvalue weighted by Gasteiger charge is -2.06. The molecule has 2 aromatic heterocycles. The molecule has 0 unspecified atom stereocenters. The number of aromatic amines is 2. The van der Waals surface area contributed by atoms with Crippen molar-refractivity contribution < 1.29 is 14.3 Å². The van der Waals surface area contributed by atoms with Crippen molar-refractivity contribution in [1.29, 1.82) is 0 Å². The van der Waals surface area contributed by atoms with Gasteiger partial charge in [-0.3, -0.25) is 9.59 Å². The molecular formula is C13H11N5O3. The van der Waals surface area contributed by atoms with Crippen LogP contribution in [-0.2, 0) is 4.79 Å². The van der Waals surface area contributed by atoms with Crippen molar-refractivity contribution in [2.45, 2.75) is 6.92 Å². The Balaban J connectivity index is 2.32. The molecule has 3 aromatic rings. The fourth-order valence-electron chi connectivity index (χ4n) is 2.22. The molecular weight excluding hydrogens is 274 g/mol. The summed E-state index contributed by atoms with van der Waals surface area (Å²) in [5.74, 6) is -0.248. The van der Waals surface area contributed by atoms with Crippen LogP contribution < -0.4 is 4.74 Å². The van der Waals surface area contributed by atoms with Crippen molar-refractivity contribution in [3.63, 3.8) is 0 Å². The first-order valence-electron chi connectivity index (χ1n) is 6.10. The van der Waals surface area contributed by atoms with Gasteiger partial charge in [0.1, 0.15) is 5.75 Å². The summed E-state index contributed by atoms with van der Waals surface area (Å²) in [4.78, 5) is 26.3.